The van der Waals surface area contributed by atoms with Crippen molar-refractivity contribution in [2.24, 2.45) is 0 Å². The summed E-state index contributed by atoms with van der Waals surface area (Å²) in [6.45, 7) is 4.49. The number of hydrogen-bond acceptors (Lipinski definition) is 4. The van der Waals surface area contributed by atoms with E-state index in [-0.39, 0.29) is 12.4 Å². The van der Waals surface area contributed by atoms with Gasteiger partial charge in [-0.3, -0.25) is 0 Å². The van der Waals surface area contributed by atoms with Crippen LogP contribution >= 0.6 is 0 Å². The van der Waals surface area contributed by atoms with Crippen molar-refractivity contribution in [2.45, 2.75) is 20.5 Å². The first-order chi connectivity index (χ1) is 9.60. The van der Waals surface area contributed by atoms with Crippen LogP contribution in [0.15, 0.2) is 24.3 Å². The molecule has 0 spiro atoms. The minimum absolute atomic E-state index is 0.0273. The van der Waals surface area contributed by atoms with E-state index >= 15 is 0 Å². The lowest BCUT2D eigenvalue weighted by Gasteiger charge is -2.09. The summed E-state index contributed by atoms with van der Waals surface area (Å²) in [7, 11) is 0. The molecule has 20 heavy (non-hydrogen) atoms. The Morgan fingerprint density at radius 2 is 2.05 bits per heavy atom. The molecule has 2 rings (SSSR count). The number of benzene rings is 1. The fourth-order valence-electron chi connectivity index (χ4n) is 1.70. The van der Waals surface area contributed by atoms with Crippen LogP contribution in [0.3, 0.4) is 0 Å². The average molecular weight is 279 g/mol. The SMILES string of the molecule is CCNc1cc(C)nc(COc2cccc(F)c2F)n1. The lowest BCUT2D eigenvalue weighted by molar-refractivity contribution is 0.276. The summed E-state index contributed by atoms with van der Waals surface area (Å²) < 4.78 is 31.7. The molecule has 1 aromatic heterocycles. The van der Waals surface area contributed by atoms with Gasteiger partial charge >= 0.3 is 0 Å². The second-order valence-corrected chi connectivity index (χ2v) is 4.18. The minimum Gasteiger partial charge on any atom is -0.482 e. The highest BCUT2D eigenvalue weighted by molar-refractivity contribution is 5.35. The molecule has 0 atom stereocenters. The van der Waals surface area contributed by atoms with E-state index < -0.39 is 11.6 Å². The summed E-state index contributed by atoms with van der Waals surface area (Å²) in [5.74, 6) is -1.02. The predicted molar refractivity (Wildman–Crippen MR) is 71.6 cm³/mol. The largest absolute Gasteiger partial charge is 0.482 e. The van der Waals surface area contributed by atoms with Crippen molar-refractivity contribution in [3.05, 3.63) is 47.4 Å². The van der Waals surface area contributed by atoms with Gasteiger partial charge in [-0.2, -0.15) is 4.39 Å². The van der Waals surface area contributed by atoms with Gasteiger partial charge in [0.15, 0.2) is 17.4 Å². The van der Waals surface area contributed by atoms with Gasteiger partial charge in [0.05, 0.1) is 0 Å². The third-order valence-electron chi connectivity index (χ3n) is 2.53. The predicted octanol–water partition coefficient (Wildman–Crippen LogP) is 3.07. The number of rotatable bonds is 5. The van der Waals surface area contributed by atoms with Gasteiger partial charge in [0.2, 0.25) is 5.82 Å². The average Bonchev–Trinajstić information content (AvgIpc) is 2.40. The van der Waals surface area contributed by atoms with Crippen LogP contribution in [0, 0.1) is 18.6 Å². The summed E-state index contributed by atoms with van der Waals surface area (Å²) in [6.07, 6.45) is 0. The first-order valence-corrected chi connectivity index (χ1v) is 6.25. The molecule has 6 heteroatoms. The molecule has 0 aliphatic rings. The lowest BCUT2D eigenvalue weighted by Crippen LogP contribution is -2.08. The number of hydrogen-bond donors (Lipinski definition) is 1. The number of ether oxygens (including phenoxy) is 1. The van der Waals surface area contributed by atoms with E-state index in [2.05, 4.69) is 15.3 Å². The quantitative estimate of drug-likeness (QED) is 0.913. The molecule has 2 aromatic rings. The van der Waals surface area contributed by atoms with E-state index in [1.165, 1.54) is 12.1 Å². The van der Waals surface area contributed by atoms with Gasteiger partial charge in [-0.1, -0.05) is 6.07 Å². The normalized spacial score (nSPS) is 10.4. The number of aromatic nitrogens is 2. The van der Waals surface area contributed by atoms with E-state index in [4.69, 9.17) is 4.74 Å². The molecule has 1 heterocycles. The fourth-order valence-corrected chi connectivity index (χ4v) is 1.70. The molecule has 0 bridgehead atoms. The zero-order valence-electron chi connectivity index (χ0n) is 11.3. The number of aryl methyl sites for hydroxylation is 1. The van der Waals surface area contributed by atoms with Crippen molar-refractivity contribution in [3.63, 3.8) is 0 Å². The molecule has 0 aliphatic heterocycles. The van der Waals surface area contributed by atoms with Gasteiger partial charge in [-0.25, -0.2) is 14.4 Å². The summed E-state index contributed by atoms with van der Waals surface area (Å²) in [4.78, 5) is 8.42. The van der Waals surface area contributed by atoms with E-state index in [0.717, 1.165) is 18.3 Å². The Bertz CT molecular complexity index is 605. The van der Waals surface area contributed by atoms with Gasteiger partial charge in [0.1, 0.15) is 12.4 Å². The van der Waals surface area contributed by atoms with Crippen molar-refractivity contribution in [3.8, 4) is 5.75 Å². The lowest BCUT2D eigenvalue weighted by atomic mass is 10.3. The molecule has 0 radical (unpaired) electrons. The molecule has 106 valence electrons. The minimum atomic E-state index is -1.01. The number of halogens is 2. The van der Waals surface area contributed by atoms with Crippen molar-refractivity contribution < 1.29 is 13.5 Å². The van der Waals surface area contributed by atoms with Gasteiger partial charge in [-0.05, 0) is 26.0 Å². The summed E-state index contributed by atoms with van der Waals surface area (Å²) in [5, 5.41) is 3.07. The second kappa shape index (κ2) is 6.27. The summed E-state index contributed by atoms with van der Waals surface area (Å²) in [5.41, 5.74) is 0.772. The van der Waals surface area contributed by atoms with Crippen LogP contribution in [0.4, 0.5) is 14.6 Å². The maximum absolute atomic E-state index is 13.4. The Balaban J connectivity index is 2.12. The van der Waals surface area contributed by atoms with Crippen LogP contribution in [0.5, 0.6) is 5.75 Å². The molecule has 4 nitrogen and oxygen atoms in total. The van der Waals surface area contributed by atoms with Crippen LogP contribution < -0.4 is 10.1 Å². The molecule has 1 N–H and O–H groups in total. The van der Waals surface area contributed by atoms with Crippen molar-refractivity contribution in [1.29, 1.82) is 0 Å². The van der Waals surface area contributed by atoms with Crippen LogP contribution in [-0.4, -0.2) is 16.5 Å². The summed E-state index contributed by atoms with van der Waals surface area (Å²) in [6, 6.07) is 5.58. The summed E-state index contributed by atoms with van der Waals surface area (Å²) >= 11 is 0. The first kappa shape index (κ1) is 14.2. The Morgan fingerprint density at radius 3 is 2.80 bits per heavy atom. The highest BCUT2D eigenvalue weighted by Gasteiger charge is 2.10. The molecule has 0 saturated carbocycles. The molecular formula is C14H15F2N3O. The third-order valence-corrected chi connectivity index (χ3v) is 2.53. The molecule has 1 aromatic carbocycles. The smallest absolute Gasteiger partial charge is 0.200 e. The fraction of sp³-hybridized carbons (Fsp3) is 0.286. The van der Waals surface area contributed by atoms with Gasteiger partial charge in [-0.15, -0.1) is 0 Å². The first-order valence-electron chi connectivity index (χ1n) is 6.25. The van der Waals surface area contributed by atoms with Crippen LogP contribution in [-0.2, 0) is 6.61 Å². The standard InChI is InChI=1S/C14H15F2N3O/c1-3-17-12-7-9(2)18-13(19-12)8-20-11-6-4-5-10(15)14(11)16/h4-7H,3,8H2,1-2H3,(H,17,18,19). The van der Waals surface area contributed by atoms with E-state index in [9.17, 15) is 8.78 Å². The topological polar surface area (TPSA) is 47.0 Å². The maximum atomic E-state index is 13.4. The van der Waals surface area contributed by atoms with Crippen molar-refractivity contribution in [1.82, 2.24) is 9.97 Å². The van der Waals surface area contributed by atoms with Crippen LogP contribution in [0.2, 0.25) is 0 Å². The highest BCUT2D eigenvalue weighted by Crippen LogP contribution is 2.20. The number of anilines is 1. The maximum Gasteiger partial charge on any atom is 0.200 e. The van der Waals surface area contributed by atoms with Gasteiger partial charge in [0, 0.05) is 18.3 Å². The Labute approximate surface area is 115 Å². The number of nitrogens with one attached hydrogen (secondary N) is 1. The van der Waals surface area contributed by atoms with E-state index in [0.29, 0.717) is 11.6 Å². The molecule has 0 saturated heterocycles. The van der Waals surface area contributed by atoms with E-state index in [1.54, 1.807) is 6.07 Å². The van der Waals surface area contributed by atoms with Crippen LogP contribution in [0.25, 0.3) is 0 Å². The highest BCUT2D eigenvalue weighted by atomic mass is 19.2. The Morgan fingerprint density at radius 1 is 1.25 bits per heavy atom. The second-order valence-electron chi connectivity index (χ2n) is 4.18. The Hall–Kier alpha value is -2.24. The molecule has 0 fully saturated rings. The zero-order chi connectivity index (χ0) is 14.5. The van der Waals surface area contributed by atoms with Crippen LogP contribution in [0.1, 0.15) is 18.4 Å². The Kier molecular flexibility index (Phi) is 4.45. The molecule has 0 unspecified atom stereocenters. The van der Waals surface area contributed by atoms with E-state index in [1.807, 2.05) is 13.8 Å². The number of nitrogens with zero attached hydrogens (tertiary/aromatic N) is 2. The molecular weight excluding hydrogens is 264 g/mol. The van der Waals surface area contributed by atoms with Gasteiger partial charge in [0.25, 0.3) is 0 Å². The van der Waals surface area contributed by atoms with Crippen molar-refractivity contribution in [2.75, 3.05) is 11.9 Å². The zero-order valence-corrected chi connectivity index (χ0v) is 11.3. The van der Waals surface area contributed by atoms with Crippen molar-refractivity contribution >= 4 is 5.82 Å². The van der Waals surface area contributed by atoms with Gasteiger partial charge < -0.3 is 10.1 Å². The molecule has 0 aliphatic carbocycles. The monoisotopic (exact) mass is 279 g/mol. The third kappa shape index (κ3) is 3.40. The molecule has 0 amide bonds.